The first-order chi connectivity index (χ1) is 11.7. The zero-order chi connectivity index (χ0) is 16.7. The molecule has 0 heterocycles. The highest BCUT2D eigenvalue weighted by molar-refractivity contribution is 5.72. The molecule has 2 aromatic carbocycles. The zero-order valence-electron chi connectivity index (χ0n) is 14.2. The van der Waals surface area contributed by atoms with Crippen LogP contribution in [-0.2, 0) is 0 Å². The van der Waals surface area contributed by atoms with Gasteiger partial charge in [0.2, 0.25) is 0 Å². The van der Waals surface area contributed by atoms with E-state index in [0.29, 0.717) is 17.0 Å². The number of hydrogen-bond donors (Lipinski definition) is 0. The molecule has 2 saturated carbocycles. The molecule has 0 bridgehead atoms. The fourth-order valence-corrected chi connectivity index (χ4v) is 4.49. The van der Waals surface area contributed by atoms with E-state index < -0.39 is 11.6 Å². The largest absolute Gasteiger partial charge is 0.203 e. The van der Waals surface area contributed by atoms with Crippen molar-refractivity contribution in [3.05, 3.63) is 58.7 Å². The van der Waals surface area contributed by atoms with Crippen molar-refractivity contribution < 1.29 is 8.78 Å². The summed E-state index contributed by atoms with van der Waals surface area (Å²) in [6, 6.07) is 9.49. The maximum atomic E-state index is 15.2. The predicted octanol–water partition coefficient (Wildman–Crippen LogP) is 6.87. The monoisotopic (exact) mass is 326 g/mol. The molecule has 2 aromatic rings. The molecule has 126 valence electrons. The molecule has 0 atom stereocenters. The van der Waals surface area contributed by atoms with Gasteiger partial charge in [-0.15, -0.1) is 0 Å². The minimum atomic E-state index is -0.630. The minimum Gasteiger partial charge on any atom is -0.203 e. The topological polar surface area (TPSA) is 0 Å². The van der Waals surface area contributed by atoms with Gasteiger partial charge in [0.25, 0.3) is 0 Å². The van der Waals surface area contributed by atoms with Gasteiger partial charge in [0.15, 0.2) is 11.6 Å². The molecule has 0 N–H and O–H groups in total. The molecule has 4 rings (SSSR count). The minimum absolute atomic E-state index is 0.190. The van der Waals surface area contributed by atoms with Gasteiger partial charge in [-0.3, -0.25) is 0 Å². The second-order valence-corrected chi connectivity index (χ2v) is 7.43. The number of rotatable bonds is 3. The highest BCUT2D eigenvalue weighted by atomic mass is 19.2. The second-order valence-electron chi connectivity index (χ2n) is 7.43. The summed E-state index contributed by atoms with van der Waals surface area (Å²) >= 11 is 0. The number of hydrogen-bond acceptors (Lipinski definition) is 0. The quantitative estimate of drug-likeness (QED) is 0.577. The molecule has 24 heavy (non-hydrogen) atoms. The fraction of sp³-hybridized carbons (Fsp3) is 0.455. The highest BCUT2D eigenvalue weighted by Gasteiger charge is 2.35. The van der Waals surface area contributed by atoms with Gasteiger partial charge in [0, 0.05) is 5.56 Å². The fourth-order valence-electron chi connectivity index (χ4n) is 4.49. The maximum Gasteiger partial charge on any atom is 0.167 e. The lowest BCUT2D eigenvalue weighted by molar-refractivity contribution is 0.415. The molecular weight excluding hydrogens is 302 g/mol. The molecule has 0 spiro atoms. The molecule has 0 nitrogen and oxygen atoms in total. The Kier molecular flexibility index (Phi) is 4.15. The van der Waals surface area contributed by atoms with Gasteiger partial charge in [0.1, 0.15) is 0 Å². The molecule has 0 radical (unpaired) electrons. The van der Waals surface area contributed by atoms with Crippen LogP contribution in [0.15, 0.2) is 30.3 Å². The van der Waals surface area contributed by atoms with Crippen LogP contribution in [0.5, 0.6) is 0 Å². The van der Waals surface area contributed by atoms with Crippen LogP contribution in [0.3, 0.4) is 0 Å². The molecule has 2 fully saturated rings. The van der Waals surface area contributed by atoms with Gasteiger partial charge < -0.3 is 0 Å². The third kappa shape index (κ3) is 2.66. The van der Waals surface area contributed by atoms with Gasteiger partial charge >= 0.3 is 0 Å². The average Bonchev–Trinajstić information content (AvgIpc) is 3.44. The Morgan fingerprint density at radius 2 is 1.38 bits per heavy atom. The van der Waals surface area contributed by atoms with Crippen LogP contribution in [0.25, 0.3) is 11.1 Å². The lowest BCUT2D eigenvalue weighted by atomic mass is 9.78. The van der Waals surface area contributed by atoms with Crippen molar-refractivity contribution >= 4 is 0 Å². The van der Waals surface area contributed by atoms with E-state index in [9.17, 15) is 0 Å². The Hall–Kier alpha value is -1.70. The molecule has 0 aromatic heterocycles. The molecule has 0 saturated heterocycles. The lowest BCUT2D eigenvalue weighted by Crippen LogP contribution is -2.13. The van der Waals surface area contributed by atoms with Crippen molar-refractivity contribution in [2.45, 2.75) is 63.7 Å². The summed E-state index contributed by atoms with van der Waals surface area (Å²) in [5, 5.41) is 0. The van der Waals surface area contributed by atoms with Gasteiger partial charge in [-0.25, -0.2) is 8.78 Å². The highest BCUT2D eigenvalue weighted by Crippen LogP contribution is 2.50. The SMILES string of the molecule is Cc1c(C2CCCCC2)c(F)c(F)c(-c2ccccc2)c1C1CC1. The third-order valence-corrected chi connectivity index (χ3v) is 5.79. The summed E-state index contributed by atoms with van der Waals surface area (Å²) in [6.45, 7) is 2.02. The molecule has 2 aliphatic carbocycles. The van der Waals surface area contributed by atoms with Crippen molar-refractivity contribution in [1.29, 1.82) is 0 Å². The summed E-state index contributed by atoms with van der Waals surface area (Å²) in [5.74, 6) is -0.634. The Morgan fingerprint density at radius 1 is 0.750 bits per heavy atom. The van der Waals surface area contributed by atoms with E-state index >= 15 is 8.78 Å². The standard InChI is InChI=1S/C22H24F2/c1-14-18(17-12-13-17)20(16-10-6-3-7-11-16)22(24)21(23)19(14)15-8-4-2-5-9-15/h3,6-7,10-11,15,17H,2,4-5,8-9,12-13H2,1H3. The van der Waals surface area contributed by atoms with Gasteiger partial charge in [-0.2, -0.15) is 0 Å². The second kappa shape index (κ2) is 6.31. The van der Waals surface area contributed by atoms with E-state index in [1.54, 1.807) is 0 Å². The molecule has 0 unspecified atom stereocenters. The summed E-state index contributed by atoms with van der Waals surface area (Å²) in [7, 11) is 0. The van der Waals surface area contributed by atoms with E-state index in [4.69, 9.17) is 0 Å². The van der Waals surface area contributed by atoms with E-state index in [1.807, 2.05) is 37.3 Å². The number of halogens is 2. The van der Waals surface area contributed by atoms with Crippen LogP contribution in [0.2, 0.25) is 0 Å². The lowest BCUT2D eigenvalue weighted by Gasteiger charge is -2.27. The van der Waals surface area contributed by atoms with Crippen LogP contribution in [0, 0.1) is 18.6 Å². The van der Waals surface area contributed by atoms with Crippen LogP contribution in [-0.4, -0.2) is 0 Å². The Morgan fingerprint density at radius 3 is 2.00 bits per heavy atom. The summed E-state index contributed by atoms with van der Waals surface area (Å²) in [6.07, 6.45) is 7.65. The van der Waals surface area contributed by atoms with E-state index in [0.717, 1.165) is 55.2 Å². The first kappa shape index (κ1) is 15.8. The van der Waals surface area contributed by atoms with Crippen molar-refractivity contribution in [1.82, 2.24) is 0 Å². The van der Waals surface area contributed by atoms with E-state index in [-0.39, 0.29) is 5.92 Å². The maximum absolute atomic E-state index is 15.2. The van der Waals surface area contributed by atoms with Gasteiger partial charge in [-0.1, -0.05) is 49.6 Å². The Bertz CT molecular complexity index is 739. The Balaban J connectivity index is 1.92. The first-order valence-corrected chi connectivity index (χ1v) is 9.25. The molecule has 2 heteroatoms. The average molecular weight is 326 g/mol. The van der Waals surface area contributed by atoms with Crippen LogP contribution in [0.1, 0.15) is 73.5 Å². The van der Waals surface area contributed by atoms with Crippen LogP contribution >= 0.6 is 0 Å². The summed E-state index contributed by atoms with van der Waals surface area (Å²) in [5.41, 5.74) is 4.07. The smallest absolute Gasteiger partial charge is 0.167 e. The van der Waals surface area contributed by atoms with Crippen molar-refractivity contribution in [2.75, 3.05) is 0 Å². The predicted molar refractivity (Wildman–Crippen MR) is 94.3 cm³/mol. The first-order valence-electron chi connectivity index (χ1n) is 9.25. The van der Waals surface area contributed by atoms with Crippen LogP contribution in [0.4, 0.5) is 8.78 Å². The van der Waals surface area contributed by atoms with Gasteiger partial charge in [0.05, 0.1) is 0 Å². The van der Waals surface area contributed by atoms with Crippen molar-refractivity contribution in [3.8, 4) is 11.1 Å². The van der Waals surface area contributed by atoms with Crippen molar-refractivity contribution in [2.24, 2.45) is 0 Å². The van der Waals surface area contributed by atoms with E-state index in [1.165, 1.54) is 6.42 Å². The van der Waals surface area contributed by atoms with Crippen molar-refractivity contribution in [3.63, 3.8) is 0 Å². The molecule has 2 aliphatic rings. The molecule has 0 aliphatic heterocycles. The summed E-state index contributed by atoms with van der Waals surface area (Å²) < 4.78 is 30.2. The normalized spacial score (nSPS) is 18.8. The van der Waals surface area contributed by atoms with Crippen LogP contribution < -0.4 is 0 Å². The number of benzene rings is 2. The van der Waals surface area contributed by atoms with Gasteiger partial charge in [-0.05, 0) is 66.7 Å². The molecule has 0 amide bonds. The summed E-state index contributed by atoms with van der Waals surface area (Å²) in [4.78, 5) is 0. The zero-order valence-corrected chi connectivity index (χ0v) is 14.2. The third-order valence-electron chi connectivity index (χ3n) is 5.79. The molecular formula is C22H24F2. The van der Waals surface area contributed by atoms with E-state index in [2.05, 4.69) is 0 Å². The Labute approximate surface area is 142 Å².